The first-order valence-electron chi connectivity index (χ1n) is 12.3. The van der Waals surface area contributed by atoms with E-state index in [0.29, 0.717) is 11.8 Å². The average molecular weight is 443 g/mol. The van der Waals surface area contributed by atoms with Crippen molar-refractivity contribution in [2.24, 2.45) is 0 Å². The molecule has 2 fully saturated rings. The Morgan fingerprint density at radius 3 is 2.33 bits per heavy atom. The molecule has 1 saturated carbocycles. The van der Waals surface area contributed by atoms with E-state index in [-0.39, 0.29) is 5.91 Å². The fourth-order valence-electron chi connectivity index (χ4n) is 5.28. The average Bonchev–Trinajstić information content (AvgIpc) is 3.24. The molecular weight excluding hydrogens is 408 g/mol. The highest BCUT2D eigenvalue weighted by molar-refractivity contribution is 5.97. The van der Waals surface area contributed by atoms with Gasteiger partial charge in [0, 0.05) is 48.8 Å². The van der Waals surface area contributed by atoms with Gasteiger partial charge in [0.05, 0.1) is 0 Å². The van der Waals surface area contributed by atoms with Crippen LogP contribution in [0, 0.1) is 13.8 Å². The van der Waals surface area contributed by atoms with Gasteiger partial charge in [0.2, 0.25) is 0 Å². The number of hydrogen-bond acceptors (Lipinski definition) is 3. The predicted molar refractivity (Wildman–Crippen MR) is 134 cm³/mol. The van der Waals surface area contributed by atoms with E-state index < -0.39 is 0 Å². The fourth-order valence-corrected chi connectivity index (χ4v) is 5.28. The van der Waals surface area contributed by atoms with Gasteiger partial charge in [-0.1, -0.05) is 24.6 Å². The first kappa shape index (κ1) is 21.7. The van der Waals surface area contributed by atoms with Crippen LogP contribution in [0.25, 0.3) is 11.4 Å². The molecule has 0 spiro atoms. The van der Waals surface area contributed by atoms with Crippen molar-refractivity contribution in [1.29, 1.82) is 0 Å². The lowest BCUT2D eigenvalue weighted by Crippen LogP contribution is -2.38. The van der Waals surface area contributed by atoms with Crippen molar-refractivity contribution in [3.05, 3.63) is 70.5 Å². The second-order valence-corrected chi connectivity index (χ2v) is 9.74. The molecule has 1 aromatic heterocycles. The molecule has 5 rings (SSSR count). The van der Waals surface area contributed by atoms with E-state index in [0.717, 1.165) is 59.8 Å². The minimum absolute atomic E-state index is 0.154. The largest absolute Gasteiger partial charge is 0.388 e. The van der Waals surface area contributed by atoms with E-state index in [1.165, 1.54) is 30.4 Å². The summed E-state index contributed by atoms with van der Waals surface area (Å²) in [6.45, 7) is 5.71. The van der Waals surface area contributed by atoms with E-state index in [4.69, 9.17) is 0 Å². The van der Waals surface area contributed by atoms with Crippen LogP contribution in [0.2, 0.25) is 0 Å². The van der Waals surface area contributed by atoms with Crippen molar-refractivity contribution in [3.8, 4) is 11.4 Å². The van der Waals surface area contributed by atoms with Crippen LogP contribution in [-0.2, 0) is 0 Å². The number of aromatic nitrogens is 2. The van der Waals surface area contributed by atoms with Crippen LogP contribution in [0.4, 0.5) is 5.69 Å². The number of nitrogens with one attached hydrogen (secondary N) is 2. The lowest BCUT2D eigenvalue weighted by molar-refractivity contribution is 0.0712. The topological polar surface area (TPSA) is 61.0 Å². The summed E-state index contributed by atoms with van der Waals surface area (Å²) < 4.78 is 0. The van der Waals surface area contributed by atoms with Crippen LogP contribution in [0.3, 0.4) is 0 Å². The van der Waals surface area contributed by atoms with Gasteiger partial charge in [-0.25, -0.2) is 4.98 Å². The molecule has 1 saturated heterocycles. The number of H-pyrrole nitrogens is 1. The molecule has 5 nitrogen and oxygen atoms in total. The lowest BCUT2D eigenvalue weighted by atomic mass is 9.77. The summed E-state index contributed by atoms with van der Waals surface area (Å²) in [5.41, 5.74) is 7.89. The fraction of sp³-hybridized carbons (Fsp3) is 0.429. The van der Waals surface area contributed by atoms with Gasteiger partial charge in [-0.3, -0.25) is 4.79 Å². The lowest BCUT2D eigenvalue weighted by Gasteiger charge is -2.33. The standard InChI is InChI=1S/C28H34N4O/c1-18-15-25(22-5-4-6-22)26(27-30-17-19(2)31-27)16-24(18)28(33)32-13-11-21(12-14-32)20-7-9-23(29-3)10-8-20/h7-10,15-17,21-22,29H,4-6,11-14H2,1-3H3,(H,30,31). The maximum Gasteiger partial charge on any atom is 0.254 e. The highest BCUT2D eigenvalue weighted by Gasteiger charge is 2.29. The molecule has 3 aromatic rings. The van der Waals surface area contributed by atoms with Crippen LogP contribution in [0.5, 0.6) is 0 Å². The molecule has 2 aromatic carbocycles. The maximum absolute atomic E-state index is 13.6. The minimum Gasteiger partial charge on any atom is -0.388 e. The predicted octanol–water partition coefficient (Wildman–Crippen LogP) is 6.02. The van der Waals surface area contributed by atoms with E-state index in [1.807, 2.05) is 25.1 Å². The molecule has 1 amide bonds. The summed E-state index contributed by atoms with van der Waals surface area (Å²) >= 11 is 0. The van der Waals surface area contributed by atoms with Crippen LogP contribution in [0.1, 0.15) is 76.7 Å². The number of likely N-dealkylation sites (tertiary alicyclic amines) is 1. The molecule has 33 heavy (non-hydrogen) atoms. The van der Waals surface area contributed by atoms with E-state index in [9.17, 15) is 4.79 Å². The third-order valence-corrected chi connectivity index (χ3v) is 7.58. The number of benzene rings is 2. The number of nitrogens with zero attached hydrogens (tertiary/aromatic N) is 2. The van der Waals surface area contributed by atoms with E-state index in [1.54, 1.807) is 0 Å². The zero-order valence-electron chi connectivity index (χ0n) is 19.9. The van der Waals surface area contributed by atoms with Crippen LogP contribution >= 0.6 is 0 Å². The Morgan fingerprint density at radius 1 is 1.03 bits per heavy atom. The zero-order valence-corrected chi connectivity index (χ0v) is 19.9. The van der Waals surface area contributed by atoms with Gasteiger partial charge in [0.25, 0.3) is 5.91 Å². The third kappa shape index (κ3) is 4.29. The zero-order chi connectivity index (χ0) is 22.9. The van der Waals surface area contributed by atoms with Crippen molar-refractivity contribution in [1.82, 2.24) is 14.9 Å². The molecule has 0 atom stereocenters. The second-order valence-electron chi connectivity index (χ2n) is 9.74. The molecule has 1 aliphatic carbocycles. The summed E-state index contributed by atoms with van der Waals surface area (Å²) in [7, 11) is 1.94. The molecule has 5 heteroatoms. The number of imidazole rings is 1. The van der Waals surface area contributed by atoms with Gasteiger partial charge in [0.1, 0.15) is 5.82 Å². The molecule has 2 heterocycles. The molecule has 2 aliphatic rings. The summed E-state index contributed by atoms with van der Waals surface area (Å²) in [5, 5.41) is 3.18. The summed E-state index contributed by atoms with van der Waals surface area (Å²) in [5.74, 6) is 2.13. The quantitative estimate of drug-likeness (QED) is 0.508. The monoisotopic (exact) mass is 442 g/mol. The third-order valence-electron chi connectivity index (χ3n) is 7.58. The van der Waals surface area contributed by atoms with E-state index >= 15 is 0 Å². The minimum atomic E-state index is 0.154. The molecule has 0 radical (unpaired) electrons. The molecule has 172 valence electrons. The van der Waals surface area contributed by atoms with E-state index in [2.05, 4.69) is 58.6 Å². The van der Waals surface area contributed by atoms with Gasteiger partial charge >= 0.3 is 0 Å². The van der Waals surface area contributed by atoms with Crippen LogP contribution in [0.15, 0.2) is 42.6 Å². The first-order chi connectivity index (χ1) is 16.0. The smallest absolute Gasteiger partial charge is 0.254 e. The number of carbonyl (C=O) groups is 1. The van der Waals surface area contributed by atoms with Crippen molar-refractivity contribution in [2.45, 2.75) is 57.8 Å². The molecular formula is C28H34N4O. The maximum atomic E-state index is 13.6. The molecule has 0 unspecified atom stereocenters. The Kier molecular flexibility index (Phi) is 5.96. The van der Waals surface area contributed by atoms with Crippen molar-refractivity contribution < 1.29 is 4.79 Å². The van der Waals surface area contributed by atoms with Gasteiger partial charge in [0.15, 0.2) is 0 Å². The Morgan fingerprint density at radius 2 is 1.76 bits per heavy atom. The Bertz CT molecular complexity index is 1140. The van der Waals surface area contributed by atoms with Crippen LogP contribution < -0.4 is 5.32 Å². The Hall–Kier alpha value is -3.08. The summed E-state index contributed by atoms with van der Waals surface area (Å²) in [6, 6.07) is 13.1. The van der Waals surface area contributed by atoms with Crippen LogP contribution in [-0.4, -0.2) is 40.9 Å². The number of anilines is 1. The number of piperidine rings is 1. The van der Waals surface area contributed by atoms with Gasteiger partial charge in [-0.05, 0) is 86.3 Å². The number of aromatic amines is 1. The number of rotatable bonds is 5. The number of aryl methyl sites for hydroxylation is 2. The molecule has 2 N–H and O–H groups in total. The number of amides is 1. The summed E-state index contributed by atoms with van der Waals surface area (Å²) in [4.78, 5) is 23.6. The highest BCUT2D eigenvalue weighted by atomic mass is 16.2. The highest BCUT2D eigenvalue weighted by Crippen LogP contribution is 2.42. The van der Waals surface area contributed by atoms with Crippen molar-refractivity contribution >= 4 is 11.6 Å². The van der Waals surface area contributed by atoms with Gasteiger partial charge in [-0.2, -0.15) is 0 Å². The number of carbonyl (C=O) groups excluding carboxylic acids is 1. The normalized spacial score (nSPS) is 17.1. The Labute approximate surface area is 196 Å². The van der Waals surface area contributed by atoms with Crippen molar-refractivity contribution in [3.63, 3.8) is 0 Å². The SMILES string of the molecule is CNc1ccc(C2CCN(C(=O)c3cc(-c4ncc(C)[nH]4)c(C4CCC4)cc3C)CC2)cc1. The van der Waals surface area contributed by atoms with Gasteiger partial charge in [-0.15, -0.1) is 0 Å². The molecule has 1 aliphatic heterocycles. The summed E-state index contributed by atoms with van der Waals surface area (Å²) in [6.07, 6.45) is 7.62. The van der Waals surface area contributed by atoms with Gasteiger partial charge < -0.3 is 15.2 Å². The Balaban J connectivity index is 1.36. The number of hydrogen-bond donors (Lipinski definition) is 2. The molecule has 0 bridgehead atoms. The second kappa shape index (κ2) is 9.05. The first-order valence-corrected chi connectivity index (χ1v) is 12.3. The van der Waals surface area contributed by atoms with Crippen molar-refractivity contribution in [2.75, 3.05) is 25.5 Å².